The largest absolute Gasteiger partial charge is 0.341 e. The molecule has 2 unspecified atom stereocenters. The number of carbonyl (C=O) groups is 2. The lowest BCUT2D eigenvalue weighted by Crippen LogP contribution is -2.52. The Labute approximate surface area is 188 Å². The Kier molecular flexibility index (Phi) is 7.14. The van der Waals surface area contributed by atoms with Crippen molar-refractivity contribution in [2.75, 3.05) is 39.3 Å². The van der Waals surface area contributed by atoms with E-state index in [0.717, 1.165) is 49.3 Å². The van der Waals surface area contributed by atoms with Crippen LogP contribution in [0.25, 0.3) is 0 Å². The highest BCUT2D eigenvalue weighted by Gasteiger charge is 2.38. The van der Waals surface area contributed by atoms with Gasteiger partial charge in [-0.2, -0.15) is 0 Å². The van der Waals surface area contributed by atoms with E-state index in [9.17, 15) is 9.59 Å². The minimum absolute atomic E-state index is 0.0191. The molecule has 3 saturated heterocycles. The maximum absolute atomic E-state index is 13.4. The third kappa shape index (κ3) is 5.08. The van der Waals surface area contributed by atoms with Gasteiger partial charge in [0.05, 0.1) is 0 Å². The van der Waals surface area contributed by atoms with Gasteiger partial charge in [-0.15, -0.1) is 0 Å². The van der Waals surface area contributed by atoms with E-state index in [1.807, 2.05) is 24.3 Å². The van der Waals surface area contributed by atoms with Crippen LogP contribution < -0.4 is 0 Å². The van der Waals surface area contributed by atoms with Crippen LogP contribution in [-0.4, -0.2) is 71.8 Å². The maximum Gasteiger partial charge on any atom is 0.254 e. The molecule has 0 N–H and O–H groups in total. The minimum atomic E-state index is -0.296. The van der Waals surface area contributed by atoms with Crippen molar-refractivity contribution >= 4 is 27.7 Å². The molecular weight excluding hydrogens is 442 g/mol. The fourth-order valence-electron chi connectivity index (χ4n) is 5.26. The summed E-state index contributed by atoms with van der Waals surface area (Å²) in [6.45, 7) is 8.22. The number of halogens is 1. The Morgan fingerprint density at radius 3 is 2.40 bits per heavy atom. The van der Waals surface area contributed by atoms with E-state index in [-0.39, 0.29) is 17.9 Å². The quantitative estimate of drug-likeness (QED) is 0.660. The molecule has 3 heterocycles. The maximum atomic E-state index is 13.4. The van der Waals surface area contributed by atoms with Crippen LogP contribution >= 0.6 is 15.9 Å². The molecule has 0 saturated carbocycles. The zero-order valence-corrected chi connectivity index (χ0v) is 19.6. The Balaban J connectivity index is 1.36. The first-order valence-electron chi connectivity index (χ1n) is 11.6. The van der Waals surface area contributed by atoms with Gasteiger partial charge in [-0.25, -0.2) is 0 Å². The van der Waals surface area contributed by atoms with E-state index >= 15 is 0 Å². The summed E-state index contributed by atoms with van der Waals surface area (Å²) in [5.41, 5.74) is 0.661. The second-order valence-electron chi connectivity index (χ2n) is 9.44. The van der Waals surface area contributed by atoms with Crippen molar-refractivity contribution in [1.29, 1.82) is 0 Å². The number of amides is 2. The van der Waals surface area contributed by atoms with Crippen molar-refractivity contribution in [2.45, 2.75) is 51.5 Å². The van der Waals surface area contributed by atoms with E-state index in [4.69, 9.17) is 0 Å². The average molecular weight is 476 g/mol. The fraction of sp³-hybridized carbons (Fsp3) is 0.667. The molecule has 30 heavy (non-hydrogen) atoms. The standard InChI is InChI=1S/C24H34BrN3O2/c1-18-10-14-26(15-11-18)16-19-4-2-12-27(17-19)24(30)22-5-3-13-28(22)23(29)20-6-8-21(25)9-7-20/h6-9,18-19,22H,2-5,10-17H2,1H3. The number of rotatable bonds is 4. The van der Waals surface area contributed by atoms with Crippen molar-refractivity contribution < 1.29 is 9.59 Å². The number of hydrogen-bond acceptors (Lipinski definition) is 3. The van der Waals surface area contributed by atoms with Gasteiger partial charge in [-0.3, -0.25) is 9.59 Å². The van der Waals surface area contributed by atoms with Crippen LogP contribution in [0.5, 0.6) is 0 Å². The van der Waals surface area contributed by atoms with Gasteiger partial charge in [0.15, 0.2) is 0 Å². The van der Waals surface area contributed by atoms with Crippen molar-refractivity contribution in [3.63, 3.8) is 0 Å². The number of carbonyl (C=O) groups excluding carboxylic acids is 2. The molecule has 3 aliphatic rings. The molecule has 0 aliphatic carbocycles. The van der Waals surface area contributed by atoms with Crippen LogP contribution in [0.4, 0.5) is 0 Å². The highest BCUT2D eigenvalue weighted by atomic mass is 79.9. The van der Waals surface area contributed by atoms with Crippen LogP contribution in [0, 0.1) is 11.8 Å². The van der Waals surface area contributed by atoms with Crippen LogP contribution in [0.15, 0.2) is 28.7 Å². The smallest absolute Gasteiger partial charge is 0.254 e. The third-order valence-electron chi connectivity index (χ3n) is 7.11. The summed E-state index contributed by atoms with van der Waals surface area (Å²) in [4.78, 5) is 32.9. The molecule has 5 nitrogen and oxygen atoms in total. The van der Waals surface area contributed by atoms with Crippen LogP contribution in [0.3, 0.4) is 0 Å². The summed E-state index contributed by atoms with van der Waals surface area (Å²) in [5, 5.41) is 0. The SMILES string of the molecule is CC1CCN(CC2CCCN(C(=O)C3CCCN3C(=O)c3ccc(Br)cc3)C2)CC1. The molecule has 4 rings (SSSR count). The molecule has 3 fully saturated rings. The molecule has 0 aromatic heterocycles. The Bertz CT molecular complexity index is 745. The lowest BCUT2D eigenvalue weighted by atomic mass is 9.94. The van der Waals surface area contributed by atoms with Crippen molar-refractivity contribution in [2.24, 2.45) is 11.8 Å². The first-order valence-corrected chi connectivity index (χ1v) is 12.4. The predicted octanol–water partition coefficient (Wildman–Crippen LogP) is 4.02. The van der Waals surface area contributed by atoms with E-state index in [0.29, 0.717) is 18.0 Å². The van der Waals surface area contributed by atoms with Gasteiger partial charge in [0, 0.05) is 36.2 Å². The number of benzene rings is 1. The molecule has 3 aliphatic heterocycles. The zero-order chi connectivity index (χ0) is 21.1. The third-order valence-corrected chi connectivity index (χ3v) is 7.64. The summed E-state index contributed by atoms with van der Waals surface area (Å²) in [6, 6.07) is 7.15. The van der Waals surface area contributed by atoms with E-state index in [1.165, 1.54) is 32.4 Å². The molecule has 1 aromatic rings. The average Bonchev–Trinajstić information content (AvgIpc) is 3.25. The summed E-state index contributed by atoms with van der Waals surface area (Å²) < 4.78 is 0.954. The fourth-order valence-corrected chi connectivity index (χ4v) is 5.52. The van der Waals surface area contributed by atoms with Gasteiger partial charge in [0.25, 0.3) is 5.91 Å². The molecular formula is C24H34BrN3O2. The van der Waals surface area contributed by atoms with Crippen LogP contribution in [-0.2, 0) is 4.79 Å². The Hall–Kier alpha value is -1.40. The summed E-state index contributed by atoms with van der Waals surface area (Å²) in [6.07, 6.45) is 6.57. The summed E-state index contributed by atoms with van der Waals surface area (Å²) >= 11 is 3.42. The van der Waals surface area contributed by atoms with Crippen LogP contribution in [0.1, 0.15) is 55.8 Å². The van der Waals surface area contributed by atoms with Gasteiger partial charge in [-0.05, 0) is 87.7 Å². The highest BCUT2D eigenvalue weighted by Crippen LogP contribution is 2.26. The van der Waals surface area contributed by atoms with Crippen molar-refractivity contribution in [3.05, 3.63) is 34.3 Å². The normalized spacial score (nSPS) is 26.2. The number of piperidine rings is 2. The second-order valence-corrected chi connectivity index (χ2v) is 10.4. The summed E-state index contributed by atoms with van der Waals surface area (Å²) in [7, 11) is 0. The lowest BCUT2D eigenvalue weighted by molar-refractivity contribution is -0.137. The Morgan fingerprint density at radius 2 is 1.67 bits per heavy atom. The minimum Gasteiger partial charge on any atom is -0.341 e. The zero-order valence-electron chi connectivity index (χ0n) is 18.1. The van der Waals surface area contributed by atoms with Gasteiger partial charge < -0.3 is 14.7 Å². The first kappa shape index (κ1) is 21.8. The topological polar surface area (TPSA) is 43.9 Å². The molecule has 6 heteroatoms. The molecule has 0 bridgehead atoms. The highest BCUT2D eigenvalue weighted by molar-refractivity contribution is 9.10. The molecule has 0 radical (unpaired) electrons. The Morgan fingerprint density at radius 1 is 0.967 bits per heavy atom. The van der Waals surface area contributed by atoms with Gasteiger partial charge >= 0.3 is 0 Å². The molecule has 0 spiro atoms. The second kappa shape index (κ2) is 9.82. The van der Waals surface area contributed by atoms with E-state index in [2.05, 4.69) is 32.7 Å². The monoisotopic (exact) mass is 475 g/mol. The molecule has 2 atom stereocenters. The van der Waals surface area contributed by atoms with Gasteiger partial charge in [-0.1, -0.05) is 22.9 Å². The number of likely N-dealkylation sites (tertiary alicyclic amines) is 3. The van der Waals surface area contributed by atoms with Crippen molar-refractivity contribution in [1.82, 2.24) is 14.7 Å². The summed E-state index contributed by atoms with van der Waals surface area (Å²) in [5.74, 6) is 1.56. The van der Waals surface area contributed by atoms with Crippen LogP contribution in [0.2, 0.25) is 0 Å². The number of nitrogens with zero attached hydrogens (tertiary/aromatic N) is 3. The molecule has 2 amide bonds. The predicted molar refractivity (Wildman–Crippen MR) is 122 cm³/mol. The van der Waals surface area contributed by atoms with Gasteiger partial charge in [0.2, 0.25) is 5.91 Å². The molecule has 1 aromatic carbocycles. The molecule has 164 valence electrons. The van der Waals surface area contributed by atoms with E-state index < -0.39 is 0 Å². The van der Waals surface area contributed by atoms with E-state index in [1.54, 1.807) is 4.90 Å². The van der Waals surface area contributed by atoms with Crippen molar-refractivity contribution in [3.8, 4) is 0 Å². The van der Waals surface area contributed by atoms with Gasteiger partial charge in [0.1, 0.15) is 6.04 Å². The first-order chi connectivity index (χ1) is 14.5. The number of hydrogen-bond donors (Lipinski definition) is 0. The lowest BCUT2D eigenvalue weighted by Gasteiger charge is -2.39.